The zero-order chi connectivity index (χ0) is 10.5. The van der Waals surface area contributed by atoms with Gasteiger partial charge in [-0.15, -0.1) is 0 Å². The van der Waals surface area contributed by atoms with E-state index in [-0.39, 0.29) is 0 Å². The molecule has 0 aliphatic heterocycles. The fourth-order valence-corrected chi connectivity index (χ4v) is 1.24. The largest absolute Gasteiger partial charge is 0.447 e. The van der Waals surface area contributed by atoms with Crippen molar-refractivity contribution in [2.75, 3.05) is 6.54 Å². The van der Waals surface area contributed by atoms with Gasteiger partial charge in [-0.25, -0.2) is 9.97 Å². The monoisotopic (exact) mass is 207 g/mol. The number of hydrogen-bond acceptors (Lipinski definition) is 5. The average Bonchev–Trinajstić information content (AvgIpc) is 2.84. The normalized spacial score (nSPS) is 10.7. The van der Waals surface area contributed by atoms with Gasteiger partial charge in [0.2, 0.25) is 0 Å². The van der Waals surface area contributed by atoms with E-state index >= 15 is 0 Å². The van der Waals surface area contributed by atoms with Gasteiger partial charge in [0.1, 0.15) is 12.1 Å². The molecule has 0 spiro atoms. The molecule has 0 aliphatic rings. The standard InChI is InChI=1S/C9H13N5O/c1-14-6-12-9(13-14)2-3-10-4-8-5-11-7-15-8/h5-7,10H,2-4H2,1H3. The van der Waals surface area contributed by atoms with Gasteiger partial charge in [0.15, 0.2) is 12.2 Å². The minimum absolute atomic E-state index is 0.687. The van der Waals surface area contributed by atoms with Crippen LogP contribution in [-0.2, 0) is 20.0 Å². The van der Waals surface area contributed by atoms with Gasteiger partial charge in [-0.1, -0.05) is 0 Å². The molecule has 2 rings (SSSR count). The van der Waals surface area contributed by atoms with Gasteiger partial charge in [0.25, 0.3) is 0 Å². The van der Waals surface area contributed by atoms with Crippen LogP contribution >= 0.6 is 0 Å². The van der Waals surface area contributed by atoms with Crippen LogP contribution in [0.25, 0.3) is 0 Å². The number of hydrogen-bond donors (Lipinski definition) is 1. The fourth-order valence-electron chi connectivity index (χ4n) is 1.24. The maximum atomic E-state index is 5.08. The van der Waals surface area contributed by atoms with E-state index in [4.69, 9.17) is 4.42 Å². The molecule has 80 valence electrons. The summed E-state index contributed by atoms with van der Waals surface area (Å²) >= 11 is 0. The maximum Gasteiger partial charge on any atom is 0.180 e. The summed E-state index contributed by atoms with van der Waals surface area (Å²) in [5.74, 6) is 1.69. The van der Waals surface area contributed by atoms with E-state index in [1.54, 1.807) is 17.2 Å². The molecule has 15 heavy (non-hydrogen) atoms. The summed E-state index contributed by atoms with van der Waals surface area (Å²) < 4.78 is 6.78. The third kappa shape index (κ3) is 2.88. The topological polar surface area (TPSA) is 68.8 Å². The van der Waals surface area contributed by atoms with Gasteiger partial charge in [-0.3, -0.25) is 4.68 Å². The molecule has 0 fully saturated rings. The van der Waals surface area contributed by atoms with Crippen LogP contribution in [0.15, 0.2) is 23.3 Å². The van der Waals surface area contributed by atoms with E-state index < -0.39 is 0 Å². The van der Waals surface area contributed by atoms with Crippen LogP contribution in [0, 0.1) is 0 Å². The van der Waals surface area contributed by atoms with Gasteiger partial charge in [0, 0.05) is 20.0 Å². The Morgan fingerprint density at radius 2 is 2.47 bits per heavy atom. The fraction of sp³-hybridized carbons (Fsp3) is 0.444. The van der Waals surface area contributed by atoms with E-state index in [2.05, 4.69) is 20.4 Å². The summed E-state index contributed by atoms with van der Waals surface area (Å²) in [6, 6.07) is 0. The highest BCUT2D eigenvalue weighted by Gasteiger charge is 1.99. The Bertz CT molecular complexity index is 394. The highest BCUT2D eigenvalue weighted by atomic mass is 16.3. The highest BCUT2D eigenvalue weighted by molar-refractivity contribution is 4.88. The Morgan fingerprint density at radius 1 is 1.53 bits per heavy atom. The minimum atomic E-state index is 0.687. The molecule has 0 aromatic carbocycles. The number of nitrogens with one attached hydrogen (secondary N) is 1. The summed E-state index contributed by atoms with van der Waals surface area (Å²) in [6.45, 7) is 1.51. The quantitative estimate of drug-likeness (QED) is 0.706. The van der Waals surface area contributed by atoms with Crippen LogP contribution < -0.4 is 5.32 Å². The summed E-state index contributed by atoms with van der Waals surface area (Å²) in [5, 5.41) is 7.40. The van der Waals surface area contributed by atoms with E-state index in [9.17, 15) is 0 Å². The predicted molar refractivity (Wildman–Crippen MR) is 52.9 cm³/mol. The smallest absolute Gasteiger partial charge is 0.180 e. The van der Waals surface area contributed by atoms with Gasteiger partial charge < -0.3 is 9.73 Å². The predicted octanol–water partition coefficient (Wildman–Crippen LogP) is 0.135. The molecule has 2 aromatic rings. The number of oxazole rings is 1. The van der Waals surface area contributed by atoms with Crippen LogP contribution in [0.2, 0.25) is 0 Å². The molecule has 0 unspecified atom stereocenters. The van der Waals surface area contributed by atoms with Gasteiger partial charge in [-0.2, -0.15) is 5.10 Å². The first kappa shape index (κ1) is 9.85. The highest BCUT2D eigenvalue weighted by Crippen LogP contribution is 1.95. The molecule has 0 atom stereocenters. The van der Waals surface area contributed by atoms with Crippen molar-refractivity contribution in [3.63, 3.8) is 0 Å². The first-order chi connectivity index (χ1) is 7.34. The number of nitrogens with zero attached hydrogens (tertiary/aromatic N) is 4. The summed E-state index contributed by atoms with van der Waals surface area (Å²) in [4.78, 5) is 7.95. The molecule has 6 heteroatoms. The second-order valence-electron chi connectivity index (χ2n) is 3.23. The first-order valence-electron chi connectivity index (χ1n) is 4.77. The molecule has 1 N–H and O–H groups in total. The van der Waals surface area contributed by atoms with Gasteiger partial charge in [0.05, 0.1) is 12.7 Å². The SMILES string of the molecule is Cn1cnc(CCNCc2cnco2)n1. The van der Waals surface area contributed by atoms with Crippen LogP contribution in [0.5, 0.6) is 0 Å². The second-order valence-corrected chi connectivity index (χ2v) is 3.23. The van der Waals surface area contributed by atoms with Gasteiger partial charge >= 0.3 is 0 Å². The molecule has 0 saturated heterocycles. The Morgan fingerprint density at radius 3 is 3.13 bits per heavy atom. The Kier molecular flexibility index (Phi) is 3.08. The Labute approximate surface area is 87.3 Å². The van der Waals surface area contributed by atoms with E-state index in [1.165, 1.54) is 6.39 Å². The number of rotatable bonds is 5. The molecule has 0 radical (unpaired) electrons. The molecule has 0 aliphatic carbocycles. The lowest BCUT2D eigenvalue weighted by Gasteiger charge is -1.98. The summed E-state index contributed by atoms with van der Waals surface area (Å²) in [6.07, 6.45) is 5.64. The van der Waals surface area contributed by atoms with Crippen LogP contribution in [-0.4, -0.2) is 26.3 Å². The van der Waals surface area contributed by atoms with Crippen molar-refractivity contribution < 1.29 is 4.42 Å². The van der Waals surface area contributed by atoms with Crippen molar-refractivity contribution in [2.45, 2.75) is 13.0 Å². The van der Waals surface area contributed by atoms with Crippen LogP contribution in [0.4, 0.5) is 0 Å². The lowest BCUT2D eigenvalue weighted by atomic mass is 10.4. The molecule has 6 nitrogen and oxygen atoms in total. The molecule has 2 heterocycles. The first-order valence-corrected chi connectivity index (χ1v) is 4.77. The lowest BCUT2D eigenvalue weighted by molar-refractivity contribution is 0.479. The Hall–Kier alpha value is -1.69. The second kappa shape index (κ2) is 4.70. The molecular weight excluding hydrogens is 194 g/mol. The summed E-state index contributed by atoms with van der Waals surface area (Å²) in [7, 11) is 1.86. The van der Waals surface area contributed by atoms with Crippen LogP contribution in [0.1, 0.15) is 11.6 Å². The lowest BCUT2D eigenvalue weighted by Crippen LogP contribution is -2.16. The van der Waals surface area contributed by atoms with Gasteiger partial charge in [-0.05, 0) is 0 Å². The molecule has 2 aromatic heterocycles. The number of aryl methyl sites for hydroxylation is 1. The van der Waals surface area contributed by atoms with Crippen molar-refractivity contribution in [1.29, 1.82) is 0 Å². The van der Waals surface area contributed by atoms with Crippen molar-refractivity contribution in [3.05, 3.63) is 30.5 Å². The molecule has 0 saturated carbocycles. The summed E-state index contributed by atoms with van der Waals surface area (Å²) in [5.41, 5.74) is 0. The third-order valence-electron chi connectivity index (χ3n) is 1.96. The van der Waals surface area contributed by atoms with Crippen molar-refractivity contribution in [2.24, 2.45) is 7.05 Å². The zero-order valence-electron chi connectivity index (χ0n) is 8.55. The zero-order valence-corrected chi connectivity index (χ0v) is 8.55. The van der Waals surface area contributed by atoms with E-state index in [0.717, 1.165) is 24.6 Å². The third-order valence-corrected chi connectivity index (χ3v) is 1.96. The molecule has 0 amide bonds. The number of aromatic nitrogens is 4. The molecular formula is C9H13N5O. The van der Waals surface area contributed by atoms with Crippen molar-refractivity contribution >= 4 is 0 Å². The van der Waals surface area contributed by atoms with Crippen molar-refractivity contribution in [3.8, 4) is 0 Å². The minimum Gasteiger partial charge on any atom is -0.447 e. The van der Waals surface area contributed by atoms with Crippen molar-refractivity contribution in [1.82, 2.24) is 25.1 Å². The van der Waals surface area contributed by atoms with E-state index in [0.29, 0.717) is 6.54 Å². The maximum absolute atomic E-state index is 5.08. The Balaban J connectivity index is 1.67. The van der Waals surface area contributed by atoms with E-state index in [1.807, 2.05) is 7.05 Å². The molecule has 0 bridgehead atoms. The van der Waals surface area contributed by atoms with Crippen LogP contribution in [0.3, 0.4) is 0 Å². The average molecular weight is 207 g/mol.